The normalized spacial score (nSPS) is 28.2. The van der Waals surface area contributed by atoms with Crippen molar-refractivity contribution >= 4 is 24.2 Å². The average molecular weight is 276 g/mol. The van der Waals surface area contributed by atoms with Crippen LogP contribution in [0, 0.1) is 0 Å². The van der Waals surface area contributed by atoms with Crippen molar-refractivity contribution in [3.8, 4) is 0 Å². The monoisotopic (exact) mass is 275 g/mol. The molecule has 18 heavy (non-hydrogen) atoms. The van der Waals surface area contributed by atoms with Crippen LogP contribution in [0.25, 0.3) is 0 Å². The molecule has 1 N–H and O–H groups in total. The SMILES string of the molecule is CC1NCCN(C(=O)CN2CCCC2=O)C1C.Cl. The fourth-order valence-corrected chi connectivity index (χ4v) is 2.53. The summed E-state index contributed by atoms with van der Waals surface area (Å²) in [5.41, 5.74) is 0. The summed E-state index contributed by atoms with van der Waals surface area (Å²) in [6.07, 6.45) is 1.49. The Morgan fingerprint density at radius 1 is 1.39 bits per heavy atom. The van der Waals surface area contributed by atoms with Gasteiger partial charge in [0, 0.05) is 38.1 Å². The third-order valence-corrected chi connectivity index (χ3v) is 3.85. The highest BCUT2D eigenvalue weighted by molar-refractivity contribution is 5.86. The van der Waals surface area contributed by atoms with Crippen LogP contribution in [-0.2, 0) is 9.59 Å². The zero-order valence-corrected chi connectivity index (χ0v) is 11.8. The number of likely N-dealkylation sites (tertiary alicyclic amines) is 1. The summed E-state index contributed by atoms with van der Waals surface area (Å²) >= 11 is 0. The van der Waals surface area contributed by atoms with E-state index in [4.69, 9.17) is 0 Å². The van der Waals surface area contributed by atoms with E-state index in [9.17, 15) is 9.59 Å². The maximum atomic E-state index is 12.2. The van der Waals surface area contributed by atoms with Gasteiger partial charge < -0.3 is 15.1 Å². The molecule has 2 aliphatic heterocycles. The van der Waals surface area contributed by atoms with Gasteiger partial charge in [-0.25, -0.2) is 0 Å². The van der Waals surface area contributed by atoms with E-state index in [0.29, 0.717) is 12.5 Å². The van der Waals surface area contributed by atoms with Gasteiger partial charge >= 0.3 is 0 Å². The minimum absolute atomic E-state index is 0. The van der Waals surface area contributed by atoms with Gasteiger partial charge in [0.1, 0.15) is 0 Å². The van der Waals surface area contributed by atoms with E-state index in [1.54, 1.807) is 4.90 Å². The van der Waals surface area contributed by atoms with Crippen molar-refractivity contribution in [2.24, 2.45) is 0 Å². The van der Waals surface area contributed by atoms with E-state index < -0.39 is 0 Å². The van der Waals surface area contributed by atoms with E-state index in [-0.39, 0.29) is 36.8 Å². The molecule has 2 aliphatic rings. The van der Waals surface area contributed by atoms with Gasteiger partial charge in [-0.2, -0.15) is 0 Å². The maximum absolute atomic E-state index is 12.2. The Morgan fingerprint density at radius 2 is 2.11 bits per heavy atom. The zero-order chi connectivity index (χ0) is 12.4. The molecule has 0 aromatic carbocycles. The molecule has 0 saturated carbocycles. The fourth-order valence-electron chi connectivity index (χ4n) is 2.53. The summed E-state index contributed by atoms with van der Waals surface area (Å²) in [5.74, 6) is 0.204. The van der Waals surface area contributed by atoms with Gasteiger partial charge in [-0.05, 0) is 20.3 Å². The van der Waals surface area contributed by atoms with Crippen LogP contribution in [0.5, 0.6) is 0 Å². The Bertz CT molecular complexity index is 324. The first kappa shape index (κ1) is 15.2. The Labute approximate surface area is 114 Å². The summed E-state index contributed by atoms with van der Waals surface area (Å²) in [6.45, 7) is 6.72. The highest BCUT2D eigenvalue weighted by Crippen LogP contribution is 2.13. The number of halogens is 1. The minimum atomic E-state index is 0. The second-order valence-electron chi connectivity index (χ2n) is 4.99. The van der Waals surface area contributed by atoms with Crippen molar-refractivity contribution < 1.29 is 9.59 Å². The van der Waals surface area contributed by atoms with Gasteiger partial charge in [0.2, 0.25) is 11.8 Å². The van der Waals surface area contributed by atoms with Crippen molar-refractivity contribution in [3.63, 3.8) is 0 Å². The first-order chi connectivity index (χ1) is 8.09. The van der Waals surface area contributed by atoms with Gasteiger partial charge in [0.05, 0.1) is 6.54 Å². The van der Waals surface area contributed by atoms with Crippen molar-refractivity contribution in [3.05, 3.63) is 0 Å². The third kappa shape index (κ3) is 3.14. The van der Waals surface area contributed by atoms with Gasteiger partial charge in [-0.1, -0.05) is 0 Å². The molecule has 5 nitrogen and oxygen atoms in total. The van der Waals surface area contributed by atoms with Gasteiger partial charge in [0.25, 0.3) is 0 Å². The molecule has 2 rings (SSSR count). The molecule has 6 heteroatoms. The van der Waals surface area contributed by atoms with Gasteiger partial charge in [-0.15, -0.1) is 12.4 Å². The highest BCUT2D eigenvalue weighted by atomic mass is 35.5. The first-order valence-electron chi connectivity index (χ1n) is 6.40. The summed E-state index contributed by atoms with van der Waals surface area (Å²) in [5, 5.41) is 3.34. The summed E-state index contributed by atoms with van der Waals surface area (Å²) in [4.78, 5) is 27.2. The average Bonchev–Trinajstić information content (AvgIpc) is 2.68. The highest BCUT2D eigenvalue weighted by Gasteiger charge is 2.30. The lowest BCUT2D eigenvalue weighted by atomic mass is 10.1. The molecule has 0 aliphatic carbocycles. The summed E-state index contributed by atoms with van der Waals surface area (Å²) in [7, 11) is 0. The van der Waals surface area contributed by atoms with Crippen LogP contribution in [0.2, 0.25) is 0 Å². The third-order valence-electron chi connectivity index (χ3n) is 3.85. The topological polar surface area (TPSA) is 52.7 Å². The lowest BCUT2D eigenvalue weighted by Crippen LogP contribution is -2.58. The van der Waals surface area contributed by atoms with Crippen LogP contribution in [0.3, 0.4) is 0 Å². The van der Waals surface area contributed by atoms with Crippen LogP contribution in [0.4, 0.5) is 0 Å². The standard InChI is InChI=1S/C12H21N3O2.ClH/c1-9-10(2)15(7-5-13-9)12(17)8-14-6-3-4-11(14)16;/h9-10,13H,3-8H2,1-2H3;1H. The Morgan fingerprint density at radius 3 is 2.72 bits per heavy atom. The number of hydrogen-bond acceptors (Lipinski definition) is 3. The predicted molar refractivity (Wildman–Crippen MR) is 71.7 cm³/mol. The van der Waals surface area contributed by atoms with Crippen LogP contribution in [-0.4, -0.2) is 59.9 Å². The van der Waals surface area contributed by atoms with E-state index in [2.05, 4.69) is 19.2 Å². The second kappa shape index (κ2) is 6.38. The molecular weight excluding hydrogens is 254 g/mol. The molecule has 2 fully saturated rings. The molecule has 2 heterocycles. The van der Waals surface area contributed by atoms with Crippen molar-refractivity contribution in [1.82, 2.24) is 15.1 Å². The Hall–Kier alpha value is -0.810. The quantitative estimate of drug-likeness (QED) is 0.786. The lowest BCUT2D eigenvalue weighted by Gasteiger charge is -2.39. The summed E-state index contributed by atoms with van der Waals surface area (Å²) < 4.78 is 0. The Balaban J connectivity index is 0.00000162. The molecule has 0 radical (unpaired) electrons. The number of hydrogen-bond donors (Lipinski definition) is 1. The number of rotatable bonds is 2. The first-order valence-corrected chi connectivity index (χ1v) is 6.40. The molecule has 2 saturated heterocycles. The molecular formula is C12H22ClN3O2. The van der Waals surface area contributed by atoms with Crippen molar-refractivity contribution in [2.75, 3.05) is 26.2 Å². The number of nitrogens with one attached hydrogen (secondary N) is 1. The zero-order valence-electron chi connectivity index (χ0n) is 11.0. The smallest absolute Gasteiger partial charge is 0.242 e. The molecule has 0 bridgehead atoms. The number of carbonyl (C=O) groups is 2. The molecule has 2 atom stereocenters. The Kier molecular flexibility index (Phi) is 5.41. The van der Waals surface area contributed by atoms with Gasteiger partial charge in [-0.3, -0.25) is 9.59 Å². The molecule has 2 amide bonds. The maximum Gasteiger partial charge on any atom is 0.242 e. The molecule has 104 valence electrons. The fraction of sp³-hybridized carbons (Fsp3) is 0.833. The van der Waals surface area contributed by atoms with E-state index >= 15 is 0 Å². The van der Waals surface area contributed by atoms with Crippen molar-refractivity contribution in [2.45, 2.75) is 38.8 Å². The number of amides is 2. The second-order valence-corrected chi connectivity index (χ2v) is 4.99. The van der Waals surface area contributed by atoms with Crippen molar-refractivity contribution in [1.29, 1.82) is 0 Å². The molecule has 2 unspecified atom stereocenters. The van der Waals surface area contributed by atoms with E-state index in [1.807, 2.05) is 4.90 Å². The van der Waals surface area contributed by atoms with Crippen LogP contribution in [0.15, 0.2) is 0 Å². The van der Waals surface area contributed by atoms with Gasteiger partial charge in [0.15, 0.2) is 0 Å². The molecule has 0 spiro atoms. The lowest BCUT2D eigenvalue weighted by molar-refractivity contribution is -0.140. The minimum Gasteiger partial charge on any atom is -0.336 e. The van der Waals surface area contributed by atoms with E-state index in [1.165, 1.54) is 0 Å². The van der Waals surface area contributed by atoms with Crippen LogP contribution < -0.4 is 5.32 Å². The number of carbonyl (C=O) groups excluding carboxylic acids is 2. The van der Waals surface area contributed by atoms with Crippen LogP contribution >= 0.6 is 12.4 Å². The van der Waals surface area contributed by atoms with Crippen LogP contribution in [0.1, 0.15) is 26.7 Å². The summed E-state index contributed by atoms with van der Waals surface area (Å²) in [6, 6.07) is 0.524. The number of piperazine rings is 1. The predicted octanol–water partition coefficient (Wildman–Crippen LogP) is 0.239. The molecule has 0 aromatic heterocycles. The van der Waals surface area contributed by atoms with E-state index in [0.717, 1.165) is 26.1 Å². The largest absolute Gasteiger partial charge is 0.336 e. The number of nitrogens with zero attached hydrogens (tertiary/aromatic N) is 2. The molecule has 0 aromatic rings.